The first-order valence-electron chi connectivity index (χ1n) is 7.15. The van der Waals surface area contributed by atoms with Gasteiger partial charge in [0.15, 0.2) is 0 Å². The molecule has 22 heavy (non-hydrogen) atoms. The first-order chi connectivity index (χ1) is 10.5. The van der Waals surface area contributed by atoms with Gasteiger partial charge in [0.05, 0.1) is 12.2 Å². The lowest BCUT2D eigenvalue weighted by atomic mass is 10.1. The molecule has 1 aromatic heterocycles. The van der Waals surface area contributed by atoms with Crippen molar-refractivity contribution in [1.82, 2.24) is 10.0 Å². The molecule has 7 nitrogen and oxygen atoms in total. The second-order valence-electron chi connectivity index (χ2n) is 5.48. The van der Waals surface area contributed by atoms with Gasteiger partial charge in [-0.25, -0.2) is 17.9 Å². The molecule has 0 spiro atoms. The van der Waals surface area contributed by atoms with Crippen molar-refractivity contribution in [2.45, 2.75) is 23.6 Å². The Balaban J connectivity index is 1.88. The number of carboxylic acids is 1. The quantitative estimate of drug-likeness (QED) is 0.713. The number of hydrogen-bond donors (Lipinski definition) is 3. The van der Waals surface area contributed by atoms with E-state index in [9.17, 15) is 18.3 Å². The van der Waals surface area contributed by atoms with E-state index >= 15 is 0 Å². The number of ether oxygens (including phenoxy) is 1. The third-order valence-corrected chi connectivity index (χ3v) is 7.11. The van der Waals surface area contributed by atoms with Crippen LogP contribution in [-0.4, -0.2) is 45.8 Å². The van der Waals surface area contributed by atoms with Crippen molar-refractivity contribution >= 4 is 27.3 Å². The van der Waals surface area contributed by atoms with E-state index in [-0.39, 0.29) is 22.2 Å². The molecule has 1 aromatic rings. The molecule has 2 aliphatic heterocycles. The number of carboxylic acid groups (broad SMARTS) is 1. The van der Waals surface area contributed by atoms with Crippen LogP contribution in [0.5, 0.6) is 0 Å². The van der Waals surface area contributed by atoms with E-state index in [0.29, 0.717) is 38.3 Å². The molecule has 3 heterocycles. The van der Waals surface area contributed by atoms with Crippen molar-refractivity contribution in [3.8, 4) is 0 Å². The van der Waals surface area contributed by atoms with Crippen LogP contribution in [0.2, 0.25) is 0 Å². The normalized spacial score (nSPS) is 21.7. The van der Waals surface area contributed by atoms with Gasteiger partial charge in [-0.2, -0.15) is 0 Å². The van der Waals surface area contributed by atoms with Gasteiger partial charge < -0.3 is 15.2 Å². The SMILES string of the molecule is O=C(O)c1c(S(=O)(=O)NCC2CCOC2)sc2c1CCNC2. The minimum absolute atomic E-state index is 0.0586. The van der Waals surface area contributed by atoms with E-state index < -0.39 is 16.0 Å². The lowest BCUT2D eigenvalue weighted by Crippen LogP contribution is -2.30. The Morgan fingerprint density at radius 2 is 2.32 bits per heavy atom. The third kappa shape index (κ3) is 3.04. The summed E-state index contributed by atoms with van der Waals surface area (Å²) >= 11 is 1.05. The number of thiophene rings is 1. The van der Waals surface area contributed by atoms with Crippen molar-refractivity contribution in [3.05, 3.63) is 16.0 Å². The van der Waals surface area contributed by atoms with Gasteiger partial charge in [-0.1, -0.05) is 0 Å². The van der Waals surface area contributed by atoms with Crippen LogP contribution >= 0.6 is 11.3 Å². The Morgan fingerprint density at radius 3 is 3.00 bits per heavy atom. The molecule has 2 aliphatic rings. The average Bonchev–Trinajstić information content (AvgIpc) is 3.12. The summed E-state index contributed by atoms with van der Waals surface area (Å²) < 4.78 is 32.7. The van der Waals surface area contributed by atoms with Gasteiger partial charge in [0, 0.05) is 24.6 Å². The molecule has 9 heteroatoms. The van der Waals surface area contributed by atoms with Crippen LogP contribution in [0.4, 0.5) is 0 Å². The van der Waals surface area contributed by atoms with E-state index in [0.717, 1.165) is 22.6 Å². The summed E-state index contributed by atoms with van der Waals surface area (Å²) in [5, 5.41) is 12.6. The van der Waals surface area contributed by atoms with Crippen molar-refractivity contribution in [2.75, 3.05) is 26.3 Å². The largest absolute Gasteiger partial charge is 0.478 e. The lowest BCUT2D eigenvalue weighted by molar-refractivity contribution is 0.0692. The summed E-state index contributed by atoms with van der Waals surface area (Å²) in [5.41, 5.74) is 0.595. The van der Waals surface area contributed by atoms with E-state index in [1.165, 1.54) is 0 Å². The molecule has 0 bridgehead atoms. The van der Waals surface area contributed by atoms with Crippen molar-refractivity contribution < 1.29 is 23.1 Å². The number of aromatic carboxylic acids is 1. The number of sulfonamides is 1. The van der Waals surface area contributed by atoms with Crippen molar-refractivity contribution in [2.24, 2.45) is 5.92 Å². The number of rotatable bonds is 5. The predicted molar refractivity (Wildman–Crippen MR) is 80.8 cm³/mol. The van der Waals surface area contributed by atoms with Crippen LogP contribution in [0.3, 0.4) is 0 Å². The van der Waals surface area contributed by atoms with E-state index in [4.69, 9.17) is 4.74 Å². The fourth-order valence-electron chi connectivity index (χ4n) is 2.75. The summed E-state index contributed by atoms with van der Waals surface area (Å²) in [5.74, 6) is -1.02. The zero-order chi connectivity index (χ0) is 15.7. The second-order valence-corrected chi connectivity index (χ2v) is 8.55. The molecule has 122 valence electrons. The molecule has 0 aliphatic carbocycles. The molecule has 3 N–H and O–H groups in total. The maximum absolute atomic E-state index is 12.5. The van der Waals surface area contributed by atoms with Gasteiger partial charge in [0.25, 0.3) is 10.0 Å². The standard InChI is InChI=1S/C13H18N2O5S2/c16-12(17)11-9-1-3-14-6-10(9)21-13(11)22(18,19)15-5-8-2-4-20-7-8/h8,14-15H,1-7H2,(H,16,17). The molecule has 1 atom stereocenters. The number of hydrogen-bond acceptors (Lipinski definition) is 6. The maximum Gasteiger partial charge on any atom is 0.338 e. The number of nitrogens with one attached hydrogen (secondary N) is 2. The minimum atomic E-state index is -3.81. The van der Waals surface area contributed by atoms with Gasteiger partial charge in [0.1, 0.15) is 4.21 Å². The summed E-state index contributed by atoms with van der Waals surface area (Å²) in [7, 11) is -3.81. The average molecular weight is 346 g/mol. The molecule has 0 radical (unpaired) electrons. The van der Waals surface area contributed by atoms with E-state index in [2.05, 4.69) is 10.0 Å². The molecule has 0 aromatic carbocycles. The Hall–Kier alpha value is -1.00. The molecule has 1 unspecified atom stereocenters. The monoisotopic (exact) mass is 346 g/mol. The summed E-state index contributed by atoms with van der Waals surface area (Å²) in [4.78, 5) is 12.3. The minimum Gasteiger partial charge on any atom is -0.478 e. The van der Waals surface area contributed by atoms with Crippen molar-refractivity contribution in [1.29, 1.82) is 0 Å². The Kier molecular flexibility index (Phi) is 4.51. The molecular weight excluding hydrogens is 328 g/mol. The highest BCUT2D eigenvalue weighted by Gasteiger charge is 2.32. The molecule has 0 saturated carbocycles. The highest BCUT2D eigenvalue weighted by Crippen LogP contribution is 2.34. The highest BCUT2D eigenvalue weighted by molar-refractivity contribution is 7.91. The van der Waals surface area contributed by atoms with Crippen LogP contribution in [0.25, 0.3) is 0 Å². The van der Waals surface area contributed by atoms with Gasteiger partial charge in [0.2, 0.25) is 0 Å². The lowest BCUT2D eigenvalue weighted by Gasteiger charge is -2.12. The summed E-state index contributed by atoms with van der Waals surface area (Å²) in [6.45, 7) is 2.65. The topological polar surface area (TPSA) is 105 Å². The fraction of sp³-hybridized carbons (Fsp3) is 0.615. The van der Waals surface area contributed by atoms with Crippen LogP contribution in [0.15, 0.2) is 4.21 Å². The molecule has 1 saturated heterocycles. The van der Waals surface area contributed by atoms with Crippen LogP contribution in [0, 0.1) is 5.92 Å². The second kappa shape index (κ2) is 6.25. The highest BCUT2D eigenvalue weighted by atomic mass is 32.2. The molecule has 3 rings (SSSR count). The van der Waals surface area contributed by atoms with Crippen LogP contribution < -0.4 is 10.0 Å². The zero-order valence-electron chi connectivity index (χ0n) is 11.9. The van der Waals surface area contributed by atoms with Gasteiger partial charge in [-0.15, -0.1) is 11.3 Å². The fourth-order valence-corrected chi connectivity index (χ4v) is 5.77. The number of fused-ring (bicyclic) bond motifs is 1. The molecular formula is C13H18N2O5S2. The molecule has 1 fully saturated rings. The first kappa shape index (κ1) is 15.9. The van der Waals surface area contributed by atoms with Gasteiger partial charge in [-0.05, 0) is 30.9 Å². The van der Waals surface area contributed by atoms with E-state index in [1.807, 2.05) is 0 Å². The Labute approximate surface area is 132 Å². The third-order valence-electron chi connectivity index (χ3n) is 3.94. The van der Waals surface area contributed by atoms with Crippen LogP contribution in [0.1, 0.15) is 27.2 Å². The van der Waals surface area contributed by atoms with E-state index in [1.54, 1.807) is 0 Å². The van der Waals surface area contributed by atoms with Gasteiger partial charge in [-0.3, -0.25) is 0 Å². The smallest absolute Gasteiger partial charge is 0.338 e. The maximum atomic E-state index is 12.5. The van der Waals surface area contributed by atoms with Crippen molar-refractivity contribution in [3.63, 3.8) is 0 Å². The summed E-state index contributed by atoms with van der Waals surface area (Å²) in [6, 6.07) is 0. The Morgan fingerprint density at radius 1 is 1.50 bits per heavy atom. The van der Waals surface area contributed by atoms with Crippen LogP contribution in [-0.2, 0) is 27.7 Å². The first-order valence-corrected chi connectivity index (χ1v) is 9.45. The predicted octanol–water partition coefficient (Wildman–Crippen LogP) is 0.407. The Bertz CT molecular complexity index is 677. The summed E-state index contributed by atoms with van der Waals surface area (Å²) in [6.07, 6.45) is 1.36. The zero-order valence-corrected chi connectivity index (χ0v) is 13.6. The molecule has 0 amide bonds. The van der Waals surface area contributed by atoms with Gasteiger partial charge >= 0.3 is 5.97 Å². The number of carbonyl (C=O) groups is 1.